The molecule has 4 rings (SSSR count). The summed E-state index contributed by atoms with van der Waals surface area (Å²) in [5.74, 6) is -0.434. The fourth-order valence-electron chi connectivity index (χ4n) is 3.70. The molecule has 178 valence electrons. The average Bonchev–Trinajstić information content (AvgIpc) is 2.79. The zero-order valence-electron chi connectivity index (χ0n) is 18.2. The topological polar surface area (TPSA) is 119 Å². The van der Waals surface area contributed by atoms with E-state index in [2.05, 4.69) is 4.98 Å². The Morgan fingerprint density at radius 2 is 2.12 bits per heavy atom. The lowest BCUT2D eigenvalue weighted by molar-refractivity contribution is -0.105. The van der Waals surface area contributed by atoms with Crippen LogP contribution in [0.15, 0.2) is 30.5 Å². The van der Waals surface area contributed by atoms with Crippen LogP contribution in [0.25, 0.3) is 0 Å². The van der Waals surface area contributed by atoms with Gasteiger partial charge >= 0.3 is 6.09 Å². The van der Waals surface area contributed by atoms with Crippen LogP contribution in [0.5, 0.6) is 11.5 Å². The zero-order valence-corrected chi connectivity index (χ0v) is 19.0. The number of ether oxygens (including phenoxy) is 3. The first-order chi connectivity index (χ1) is 15.8. The number of rotatable bonds is 7. The number of hydrogen-bond donors (Lipinski definition) is 2. The highest BCUT2D eigenvalue weighted by atomic mass is 32.2. The Balaban J connectivity index is 1.52. The van der Waals surface area contributed by atoms with E-state index in [1.165, 1.54) is 24.2 Å². The minimum Gasteiger partial charge on any atom is -0.465 e. The van der Waals surface area contributed by atoms with E-state index in [-0.39, 0.29) is 18.4 Å². The molecule has 1 amide bonds. The molecule has 2 N–H and O–H groups in total. The molecular weight excluding hydrogens is 455 g/mol. The molecule has 2 aliphatic heterocycles. The number of benzene rings is 1. The number of amides is 1. The Morgan fingerprint density at radius 3 is 2.85 bits per heavy atom. The fourth-order valence-corrected chi connectivity index (χ4v) is 4.20. The van der Waals surface area contributed by atoms with Crippen molar-refractivity contribution in [2.24, 2.45) is 0 Å². The van der Waals surface area contributed by atoms with Gasteiger partial charge in [0.1, 0.15) is 11.5 Å². The summed E-state index contributed by atoms with van der Waals surface area (Å²) >= 11 is 0. The number of nitrogens with zero attached hydrogens (tertiary/aromatic N) is 2. The summed E-state index contributed by atoms with van der Waals surface area (Å²) < 4.78 is 59.2. The van der Waals surface area contributed by atoms with Gasteiger partial charge in [0.2, 0.25) is 0 Å². The van der Waals surface area contributed by atoms with Gasteiger partial charge in [0.15, 0.2) is 17.9 Å². The Kier molecular flexibility index (Phi) is 6.68. The molecule has 0 aliphatic carbocycles. The summed E-state index contributed by atoms with van der Waals surface area (Å²) in [7, 11) is -2.76. The van der Waals surface area contributed by atoms with Gasteiger partial charge in [0.05, 0.1) is 19.2 Å². The molecule has 1 saturated heterocycles. The standard InChI is InChI=1S/C21H25FN4O6S/c1-13-16-7-6-15(31-18-5-3-4-10-30-18)11-17(16)32-21(27)26(13)12-14-8-9-24-20(19(14)22)25-33(28,29)23-2/h6-9,11,13,18,23H,3-5,10,12H2,1-2H3,(H,24,25). The van der Waals surface area contributed by atoms with E-state index in [0.717, 1.165) is 24.8 Å². The van der Waals surface area contributed by atoms with Crippen LogP contribution in [0.1, 0.15) is 43.4 Å². The lowest BCUT2D eigenvalue weighted by Gasteiger charge is -2.34. The van der Waals surface area contributed by atoms with Crippen molar-refractivity contribution in [2.75, 3.05) is 18.4 Å². The second-order valence-electron chi connectivity index (χ2n) is 7.73. The van der Waals surface area contributed by atoms with Gasteiger partial charge in [0, 0.05) is 36.9 Å². The van der Waals surface area contributed by atoms with Gasteiger partial charge in [-0.05, 0) is 38.0 Å². The molecule has 12 heteroatoms. The van der Waals surface area contributed by atoms with Crippen molar-refractivity contribution in [3.05, 3.63) is 47.4 Å². The van der Waals surface area contributed by atoms with Gasteiger partial charge in [-0.2, -0.15) is 8.42 Å². The largest absolute Gasteiger partial charge is 0.465 e. The number of halogens is 1. The molecule has 1 aromatic carbocycles. The predicted molar refractivity (Wildman–Crippen MR) is 116 cm³/mol. The normalized spacial score (nSPS) is 20.7. The Bertz CT molecular complexity index is 1140. The quantitative estimate of drug-likeness (QED) is 0.625. The van der Waals surface area contributed by atoms with Crippen LogP contribution in [0.4, 0.5) is 15.0 Å². The molecule has 33 heavy (non-hydrogen) atoms. The third kappa shape index (κ3) is 5.18. The summed E-state index contributed by atoms with van der Waals surface area (Å²) in [6.45, 7) is 2.31. The van der Waals surface area contributed by atoms with Crippen molar-refractivity contribution in [2.45, 2.75) is 45.1 Å². The molecule has 0 spiro atoms. The number of nitrogens with one attached hydrogen (secondary N) is 2. The van der Waals surface area contributed by atoms with Crippen LogP contribution in [0.3, 0.4) is 0 Å². The molecule has 1 aromatic heterocycles. The number of carbonyl (C=O) groups excluding carboxylic acids is 1. The van der Waals surface area contributed by atoms with Crippen LogP contribution in [-0.2, 0) is 21.5 Å². The van der Waals surface area contributed by atoms with Crippen LogP contribution >= 0.6 is 0 Å². The summed E-state index contributed by atoms with van der Waals surface area (Å²) in [5.41, 5.74) is 0.817. The van der Waals surface area contributed by atoms with E-state index >= 15 is 0 Å². The highest BCUT2D eigenvalue weighted by molar-refractivity contribution is 7.90. The van der Waals surface area contributed by atoms with Crippen molar-refractivity contribution < 1.29 is 31.8 Å². The summed E-state index contributed by atoms with van der Waals surface area (Å²) in [4.78, 5) is 17.8. The molecule has 2 aliphatic rings. The second kappa shape index (κ2) is 9.49. The van der Waals surface area contributed by atoms with Gasteiger partial charge in [0.25, 0.3) is 10.2 Å². The molecule has 0 saturated carbocycles. The van der Waals surface area contributed by atoms with Crippen molar-refractivity contribution in [1.29, 1.82) is 0 Å². The highest BCUT2D eigenvalue weighted by Gasteiger charge is 2.33. The third-order valence-electron chi connectivity index (χ3n) is 5.55. The van der Waals surface area contributed by atoms with Crippen molar-refractivity contribution in [3.8, 4) is 11.5 Å². The monoisotopic (exact) mass is 480 g/mol. The first-order valence-corrected chi connectivity index (χ1v) is 12.0. The van der Waals surface area contributed by atoms with Gasteiger partial charge < -0.3 is 14.2 Å². The molecule has 2 aromatic rings. The molecule has 2 unspecified atom stereocenters. The maximum atomic E-state index is 14.9. The van der Waals surface area contributed by atoms with E-state index in [4.69, 9.17) is 14.2 Å². The molecule has 0 radical (unpaired) electrons. The van der Waals surface area contributed by atoms with Crippen LogP contribution < -0.4 is 18.9 Å². The van der Waals surface area contributed by atoms with Crippen LogP contribution in [0.2, 0.25) is 0 Å². The number of pyridine rings is 1. The first-order valence-electron chi connectivity index (χ1n) is 10.5. The van der Waals surface area contributed by atoms with Gasteiger partial charge in [-0.3, -0.25) is 9.62 Å². The van der Waals surface area contributed by atoms with Crippen molar-refractivity contribution >= 4 is 22.1 Å². The molecule has 0 bridgehead atoms. The number of aromatic nitrogens is 1. The summed E-state index contributed by atoms with van der Waals surface area (Å²) in [6, 6.07) is 6.18. The number of fused-ring (bicyclic) bond motifs is 1. The Labute approximate surface area is 191 Å². The average molecular weight is 481 g/mol. The SMILES string of the molecule is CNS(=O)(=O)Nc1nccc(CN2C(=O)Oc3cc(OC4CCCCO4)ccc3C2C)c1F. The zero-order chi connectivity index (χ0) is 23.6. The Morgan fingerprint density at radius 1 is 1.30 bits per heavy atom. The lowest BCUT2D eigenvalue weighted by Crippen LogP contribution is -2.39. The second-order valence-corrected chi connectivity index (χ2v) is 9.35. The van der Waals surface area contributed by atoms with E-state index in [0.29, 0.717) is 18.1 Å². The molecule has 3 heterocycles. The van der Waals surface area contributed by atoms with Crippen molar-refractivity contribution in [1.82, 2.24) is 14.6 Å². The van der Waals surface area contributed by atoms with Gasteiger partial charge in [-0.15, -0.1) is 0 Å². The van der Waals surface area contributed by atoms with Gasteiger partial charge in [-0.1, -0.05) is 0 Å². The fraction of sp³-hybridized carbons (Fsp3) is 0.429. The summed E-state index contributed by atoms with van der Waals surface area (Å²) in [5, 5.41) is 0. The van der Waals surface area contributed by atoms with E-state index in [1.807, 2.05) is 9.44 Å². The predicted octanol–water partition coefficient (Wildman–Crippen LogP) is 3.08. The molecule has 10 nitrogen and oxygen atoms in total. The van der Waals surface area contributed by atoms with E-state index in [9.17, 15) is 17.6 Å². The maximum absolute atomic E-state index is 14.9. The van der Waals surface area contributed by atoms with E-state index < -0.39 is 34.0 Å². The first kappa shape index (κ1) is 23.2. The molecule has 1 fully saturated rings. The molecule has 2 atom stereocenters. The minimum absolute atomic E-state index is 0.0838. The third-order valence-corrected chi connectivity index (χ3v) is 6.55. The highest BCUT2D eigenvalue weighted by Crippen LogP contribution is 2.38. The van der Waals surface area contributed by atoms with Gasteiger partial charge in [-0.25, -0.2) is 18.9 Å². The number of carbonyl (C=O) groups is 1. The minimum atomic E-state index is -3.95. The Hall–Kier alpha value is -2.96. The number of hydrogen-bond acceptors (Lipinski definition) is 7. The van der Waals surface area contributed by atoms with Crippen molar-refractivity contribution in [3.63, 3.8) is 0 Å². The number of anilines is 1. The smallest absolute Gasteiger partial charge is 0.416 e. The summed E-state index contributed by atoms with van der Waals surface area (Å²) in [6.07, 6.45) is 3.11. The van der Waals surface area contributed by atoms with E-state index in [1.54, 1.807) is 25.1 Å². The van der Waals surface area contributed by atoms with Crippen LogP contribution in [0, 0.1) is 5.82 Å². The molecular formula is C21H25FN4O6S. The van der Waals surface area contributed by atoms with Crippen LogP contribution in [-0.4, -0.2) is 44.3 Å². The lowest BCUT2D eigenvalue weighted by atomic mass is 10.0. The maximum Gasteiger partial charge on any atom is 0.416 e.